The normalized spacial score (nSPS) is 20.4. The predicted octanol–water partition coefficient (Wildman–Crippen LogP) is -0.198. The van der Waals surface area contributed by atoms with Gasteiger partial charge in [-0.2, -0.15) is 0 Å². The van der Waals surface area contributed by atoms with Crippen molar-refractivity contribution in [3.63, 3.8) is 0 Å². The van der Waals surface area contributed by atoms with Crippen LogP contribution in [0.4, 0.5) is 0 Å². The van der Waals surface area contributed by atoms with E-state index in [4.69, 9.17) is 11.5 Å². The first kappa shape index (κ1) is 17.6. The van der Waals surface area contributed by atoms with Crippen LogP contribution in [0.25, 0.3) is 0 Å². The standard InChI is InChI=1S/C14H27N5O2/c1-10(2)13(21)12-6-4-8-19(12)18-11(9-20)5-3-7-17-14(15)16/h9-12,18H,3-8H2,1-2H3,(H4,15,16,17)/t11-,12+/m1/s1. The van der Waals surface area contributed by atoms with Crippen LogP contribution in [0.3, 0.4) is 0 Å². The van der Waals surface area contributed by atoms with E-state index >= 15 is 0 Å². The van der Waals surface area contributed by atoms with Gasteiger partial charge in [-0.15, -0.1) is 0 Å². The second-order valence-corrected chi connectivity index (χ2v) is 5.73. The van der Waals surface area contributed by atoms with Crippen molar-refractivity contribution in [3.05, 3.63) is 0 Å². The lowest BCUT2D eigenvalue weighted by Gasteiger charge is -2.28. The monoisotopic (exact) mass is 297 g/mol. The van der Waals surface area contributed by atoms with Gasteiger partial charge in [0.25, 0.3) is 0 Å². The van der Waals surface area contributed by atoms with Crippen molar-refractivity contribution in [1.29, 1.82) is 0 Å². The molecule has 0 spiro atoms. The summed E-state index contributed by atoms with van der Waals surface area (Å²) in [5, 5.41) is 1.92. The molecule has 1 aliphatic rings. The highest BCUT2D eigenvalue weighted by Crippen LogP contribution is 2.19. The van der Waals surface area contributed by atoms with Crippen molar-refractivity contribution in [2.45, 2.75) is 51.6 Å². The Hall–Kier alpha value is -1.47. The number of nitrogens with one attached hydrogen (secondary N) is 1. The molecule has 2 atom stereocenters. The zero-order valence-corrected chi connectivity index (χ0v) is 12.9. The second-order valence-electron chi connectivity index (χ2n) is 5.73. The minimum atomic E-state index is -0.306. The number of hydrogen-bond acceptors (Lipinski definition) is 5. The van der Waals surface area contributed by atoms with E-state index in [0.717, 1.165) is 25.7 Å². The van der Waals surface area contributed by atoms with Gasteiger partial charge in [-0.1, -0.05) is 13.8 Å². The molecule has 0 aliphatic carbocycles. The summed E-state index contributed by atoms with van der Waals surface area (Å²) in [6, 6.07) is -0.426. The van der Waals surface area contributed by atoms with Crippen LogP contribution in [-0.2, 0) is 9.59 Å². The minimum absolute atomic E-state index is 0.00828. The van der Waals surface area contributed by atoms with E-state index in [2.05, 4.69) is 10.4 Å². The molecule has 1 rings (SSSR count). The third-order valence-electron chi connectivity index (χ3n) is 3.61. The number of nitrogens with zero attached hydrogens (tertiary/aromatic N) is 2. The van der Waals surface area contributed by atoms with Gasteiger partial charge in [0.15, 0.2) is 11.7 Å². The SMILES string of the molecule is CC(C)C(=O)[C@@H]1CCCN1N[C@@H](C=O)CCCN=C(N)N. The molecule has 0 amide bonds. The average molecular weight is 297 g/mol. The van der Waals surface area contributed by atoms with E-state index in [1.807, 2.05) is 18.9 Å². The quantitative estimate of drug-likeness (QED) is 0.235. The van der Waals surface area contributed by atoms with Crippen LogP contribution >= 0.6 is 0 Å². The van der Waals surface area contributed by atoms with Crippen molar-refractivity contribution in [3.8, 4) is 0 Å². The van der Waals surface area contributed by atoms with Crippen molar-refractivity contribution in [1.82, 2.24) is 10.4 Å². The lowest BCUT2D eigenvalue weighted by molar-refractivity contribution is -0.128. The summed E-state index contributed by atoms with van der Waals surface area (Å²) in [7, 11) is 0. The summed E-state index contributed by atoms with van der Waals surface area (Å²) in [5.41, 5.74) is 13.7. The highest BCUT2D eigenvalue weighted by atomic mass is 16.1. The first-order chi connectivity index (χ1) is 9.95. The zero-order valence-electron chi connectivity index (χ0n) is 12.9. The molecule has 0 aromatic carbocycles. The van der Waals surface area contributed by atoms with Crippen molar-refractivity contribution < 1.29 is 9.59 Å². The minimum Gasteiger partial charge on any atom is -0.370 e. The number of hydrazine groups is 1. The Labute approximate surface area is 126 Å². The van der Waals surface area contributed by atoms with E-state index in [1.165, 1.54) is 0 Å². The fourth-order valence-corrected chi connectivity index (χ4v) is 2.50. The van der Waals surface area contributed by atoms with Crippen LogP contribution in [0, 0.1) is 5.92 Å². The van der Waals surface area contributed by atoms with E-state index < -0.39 is 0 Å². The number of aldehydes is 1. The highest BCUT2D eigenvalue weighted by molar-refractivity contribution is 5.85. The first-order valence-corrected chi connectivity index (χ1v) is 7.53. The van der Waals surface area contributed by atoms with Gasteiger partial charge < -0.3 is 16.3 Å². The van der Waals surface area contributed by atoms with E-state index in [0.29, 0.717) is 19.4 Å². The molecule has 7 nitrogen and oxygen atoms in total. The van der Waals surface area contributed by atoms with Crippen LogP contribution in [0.5, 0.6) is 0 Å². The Morgan fingerprint density at radius 2 is 2.19 bits per heavy atom. The van der Waals surface area contributed by atoms with Crippen LogP contribution < -0.4 is 16.9 Å². The van der Waals surface area contributed by atoms with Gasteiger partial charge in [-0.25, -0.2) is 10.4 Å². The Balaban J connectivity index is 2.46. The topological polar surface area (TPSA) is 114 Å². The lowest BCUT2D eigenvalue weighted by atomic mass is 10.0. The summed E-state index contributed by atoms with van der Waals surface area (Å²) in [6.45, 7) is 5.11. The molecule has 0 saturated carbocycles. The third-order valence-corrected chi connectivity index (χ3v) is 3.61. The van der Waals surface area contributed by atoms with Gasteiger partial charge in [0.05, 0.1) is 12.1 Å². The summed E-state index contributed by atoms with van der Waals surface area (Å²) < 4.78 is 0. The molecular weight excluding hydrogens is 270 g/mol. The van der Waals surface area contributed by atoms with Crippen molar-refractivity contribution >= 4 is 18.0 Å². The van der Waals surface area contributed by atoms with Gasteiger partial charge >= 0.3 is 0 Å². The Kier molecular flexibility index (Phi) is 7.31. The molecule has 1 fully saturated rings. The Morgan fingerprint density at radius 3 is 2.76 bits per heavy atom. The second kappa shape index (κ2) is 8.74. The van der Waals surface area contributed by atoms with Gasteiger partial charge in [0.1, 0.15) is 6.29 Å². The molecule has 1 heterocycles. The maximum absolute atomic E-state index is 12.1. The summed E-state index contributed by atoms with van der Waals surface area (Å²) in [6.07, 6.45) is 4.05. The van der Waals surface area contributed by atoms with Crippen LogP contribution in [0.1, 0.15) is 39.5 Å². The number of rotatable bonds is 9. The third kappa shape index (κ3) is 5.81. The molecule has 7 heteroatoms. The fourth-order valence-electron chi connectivity index (χ4n) is 2.50. The fraction of sp³-hybridized carbons (Fsp3) is 0.786. The number of ketones is 1. The van der Waals surface area contributed by atoms with Crippen molar-refractivity contribution in [2.24, 2.45) is 22.4 Å². The Bertz CT molecular complexity index is 380. The van der Waals surface area contributed by atoms with E-state index in [9.17, 15) is 9.59 Å². The Morgan fingerprint density at radius 1 is 1.48 bits per heavy atom. The molecule has 0 unspecified atom stereocenters. The lowest BCUT2D eigenvalue weighted by Crippen LogP contribution is -2.51. The van der Waals surface area contributed by atoms with Crippen LogP contribution in [0.2, 0.25) is 0 Å². The van der Waals surface area contributed by atoms with Crippen molar-refractivity contribution in [2.75, 3.05) is 13.1 Å². The maximum Gasteiger partial charge on any atom is 0.185 e. The van der Waals surface area contributed by atoms with Gasteiger partial charge in [-0.05, 0) is 25.7 Å². The number of Topliss-reactive ketones (excluding diaryl/α,β-unsaturated/α-hetero) is 1. The van der Waals surface area contributed by atoms with Crippen LogP contribution in [-0.4, -0.2) is 48.2 Å². The highest BCUT2D eigenvalue weighted by Gasteiger charge is 2.32. The maximum atomic E-state index is 12.1. The molecule has 1 saturated heterocycles. The molecule has 0 radical (unpaired) electrons. The molecular formula is C14H27N5O2. The molecule has 0 aromatic rings. The molecule has 0 bridgehead atoms. The van der Waals surface area contributed by atoms with Crippen LogP contribution in [0.15, 0.2) is 4.99 Å². The van der Waals surface area contributed by atoms with Gasteiger partial charge in [0, 0.05) is 19.0 Å². The number of aliphatic imine (C=N–C) groups is 1. The largest absolute Gasteiger partial charge is 0.370 e. The van der Waals surface area contributed by atoms with E-state index in [-0.39, 0.29) is 29.7 Å². The first-order valence-electron chi connectivity index (χ1n) is 7.53. The smallest absolute Gasteiger partial charge is 0.185 e. The number of nitrogens with two attached hydrogens (primary N) is 2. The molecule has 21 heavy (non-hydrogen) atoms. The molecule has 0 aromatic heterocycles. The molecule has 120 valence electrons. The molecule has 5 N–H and O–H groups in total. The van der Waals surface area contributed by atoms with Gasteiger partial charge in [0.2, 0.25) is 0 Å². The number of carbonyl (C=O) groups excluding carboxylic acids is 2. The van der Waals surface area contributed by atoms with E-state index in [1.54, 1.807) is 0 Å². The summed E-state index contributed by atoms with van der Waals surface area (Å²) >= 11 is 0. The van der Waals surface area contributed by atoms with Gasteiger partial charge in [-0.3, -0.25) is 9.79 Å². The summed E-state index contributed by atoms with van der Waals surface area (Å²) in [5.74, 6) is 0.298. The zero-order chi connectivity index (χ0) is 15.8. The molecule has 1 aliphatic heterocycles. The number of carbonyl (C=O) groups is 2. The summed E-state index contributed by atoms with van der Waals surface area (Å²) in [4.78, 5) is 27.2. The predicted molar refractivity (Wildman–Crippen MR) is 82.5 cm³/mol. The average Bonchev–Trinajstić information content (AvgIpc) is 2.88. The number of hydrogen-bond donors (Lipinski definition) is 3. The number of guanidine groups is 1.